The topological polar surface area (TPSA) is 58.4 Å². The van der Waals surface area contributed by atoms with E-state index in [0.29, 0.717) is 19.5 Å². The van der Waals surface area contributed by atoms with E-state index in [9.17, 15) is 9.59 Å². The second kappa shape index (κ2) is 6.86. The van der Waals surface area contributed by atoms with E-state index in [1.54, 1.807) is 20.7 Å². The van der Waals surface area contributed by atoms with Crippen LogP contribution in [-0.4, -0.2) is 45.6 Å². The first kappa shape index (κ1) is 16.2. The Morgan fingerprint density at radius 3 is 2.79 bits per heavy atom. The summed E-state index contributed by atoms with van der Waals surface area (Å²) in [5.41, 5.74) is 1.99. The lowest BCUT2D eigenvalue weighted by Gasteiger charge is -2.40. The predicted octanol–water partition coefficient (Wildman–Crippen LogP) is 1.85. The Bertz CT molecular complexity index is 726. The van der Waals surface area contributed by atoms with Gasteiger partial charge in [-0.3, -0.25) is 14.3 Å². The molecule has 1 aromatic heterocycles. The molecule has 1 atom stereocenters. The zero-order chi connectivity index (χ0) is 17.1. The Hall–Kier alpha value is -2.63. The van der Waals surface area contributed by atoms with Crippen molar-refractivity contribution >= 4 is 17.5 Å². The van der Waals surface area contributed by atoms with Crippen molar-refractivity contribution in [2.24, 2.45) is 0 Å². The molecule has 1 aromatic carbocycles. The van der Waals surface area contributed by atoms with Crippen LogP contribution in [0.15, 0.2) is 42.7 Å². The van der Waals surface area contributed by atoms with E-state index in [0.717, 1.165) is 11.3 Å². The van der Waals surface area contributed by atoms with Crippen LogP contribution in [0.2, 0.25) is 0 Å². The smallest absolute Gasteiger partial charge is 0.246 e. The quantitative estimate of drug-likeness (QED) is 0.861. The number of para-hydroxylation sites is 1. The SMILES string of the molecule is Cc1ccccc1N1CC(C)N(C(=O)CCn2cccn2)CC1=O. The van der Waals surface area contributed by atoms with Crippen molar-refractivity contribution in [3.8, 4) is 0 Å². The molecule has 1 fully saturated rings. The molecule has 2 heterocycles. The van der Waals surface area contributed by atoms with Crippen molar-refractivity contribution in [1.82, 2.24) is 14.7 Å². The van der Waals surface area contributed by atoms with Gasteiger partial charge in [0.15, 0.2) is 0 Å². The van der Waals surface area contributed by atoms with Crippen LogP contribution in [0.1, 0.15) is 18.9 Å². The number of aryl methyl sites for hydroxylation is 2. The molecular formula is C18H22N4O2. The Balaban J connectivity index is 1.66. The second-order valence-electron chi connectivity index (χ2n) is 6.18. The zero-order valence-corrected chi connectivity index (χ0v) is 14.1. The average Bonchev–Trinajstić information content (AvgIpc) is 3.08. The number of benzene rings is 1. The second-order valence-corrected chi connectivity index (χ2v) is 6.18. The molecule has 0 radical (unpaired) electrons. The molecule has 1 aliphatic heterocycles. The van der Waals surface area contributed by atoms with Gasteiger partial charge >= 0.3 is 0 Å². The van der Waals surface area contributed by atoms with Gasteiger partial charge in [0.1, 0.15) is 6.54 Å². The first-order valence-electron chi connectivity index (χ1n) is 8.19. The van der Waals surface area contributed by atoms with E-state index in [1.807, 2.05) is 50.4 Å². The number of hydrogen-bond acceptors (Lipinski definition) is 3. The highest BCUT2D eigenvalue weighted by Crippen LogP contribution is 2.24. The van der Waals surface area contributed by atoms with Crippen LogP contribution in [0.3, 0.4) is 0 Å². The van der Waals surface area contributed by atoms with E-state index < -0.39 is 0 Å². The minimum atomic E-state index is -0.0326. The third-order valence-corrected chi connectivity index (χ3v) is 4.43. The largest absolute Gasteiger partial charge is 0.329 e. The van der Waals surface area contributed by atoms with Gasteiger partial charge < -0.3 is 9.80 Å². The van der Waals surface area contributed by atoms with Crippen molar-refractivity contribution < 1.29 is 9.59 Å². The summed E-state index contributed by atoms with van der Waals surface area (Å²) in [5.74, 6) is -0.0365. The fourth-order valence-corrected chi connectivity index (χ4v) is 3.07. The molecule has 2 amide bonds. The van der Waals surface area contributed by atoms with Gasteiger partial charge in [-0.25, -0.2) is 0 Å². The summed E-state index contributed by atoms with van der Waals surface area (Å²) in [6, 6.07) is 9.66. The van der Waals surface area contributed by atoms with Crippen molar-refractivity contribution in [3.05, 3.63) is 48.3 Å². The standard InChI is InChI=1S/C18H22N4O2/c1-14-6-3-4-7-16(14)22-12-15(2)21(13-18(22)24)17(23)8-11-20-10-5-9-19-20/h3-7,9-10,15H,8,11-13H2,1-2H3. The number of nitrogens with zero attached hydrogens (tertiary/aromatic N) is 4. The highest BCUT2D eigenvalue weighted by molar-refractivity contribution is 5.98. The van der Waals surface area contributed by atoms with Crippen LogP contribution in [0.4, 0.5) is 5.69 Å². The van der Waals surface area contributed by atoms with Gasteiger partial charge in [0.2, 0.25) is 11.8 Å². The maximum Gasteiger partial charge on any atom is 0.246 e. The summed E-state index contributed by atoms with van der Waals surface area (Å²) < 4.78 is 1.73. The first-order chi connectivity index (χ1) is 11.6. The number of hydrogen-bond donors (Lipinski definition) is 0. The van der Waals surface area contributed by atoms with E-state index in [4.69, 9.17) is 0 Å². The number of amides is 2. The van der Waals surface area contributed by atoms with Crippen LogP contribution >= 0.6 is 0 Å². The molecule has 1 unspecified atom stereocenters. The average molecular weight is 326 g/mol. The number of anilines is 1. The van der Waals surface area contributed by atoms with Gasteiger partial charge in [0.25, 0.3) is 0 Å². The Kier molecular flexibility index (Phi) is 4.64. The summed E-state index contributed by atoms with van der Waals surface area (Å²) in [6.45, 7) is 5.17. The van der Waals surface area contributed by atoms with E-state index in [-0.39, 0.29) is 24.4 Å². The number of carbonyl (C=O) groups is 2. The minimum absolute atomic E-state index is 0.00390. The van der Waals surface area contributed by atoms with Crippen LogP contribution in [0.25, 0.3) is 0 Å². The Labute approximate surface area is 141 Å². The van der Waals surface area contributed by atoms with Gasteiger partial charge in [0.05, 0.1) is 0 Å². The molecule has 3 rings (SSSR count). The van der Waals surface area contributed by atoms with E-state index in [2.05, 4.69) is 5.10 Å². The fourth-order valence-electron chi connectivity index (χ4n) is 3.07. The number of aromatic nitrogens is 2. The maximum atomic E-state index is 12.6. The lowest BCUT2D eigenvalue weighted by atomic mass is 10.1. The van der Waals surface area contributed by atoms with Gasteiger partial charge in [-0.1, -0.05) is 18.2 Å². The van der Waals surface area contributed by atoms with E-state index in [1.165, 1.54) is 0 Å². The summed E-state index contributed by atoms with van der Waals surface area (Å²) >= 11 is 0. The van der Waals surface area contributed by atoms with Crippen molar-refractivity contribution in [2.45, 2.75) is 32.9 Å². The van der Waals surface area contributed by atoms with Gasteiger partial charge in [-0.2, -0.15) is 5.10 Å². The highest BCUT2D eigenvalue weighted by atomic mass is 16.2. The molecular weight excluding hydrogens is 304 g/mol. The number of carbonyl (C=O) groups excluding carboxylic acids is 2. The van der Waals surface area contributed by atoms with Crippen molar-refractivity contribution in [3.63, 3.8) is 0 Å². The van der Waals surface area contributed by atoms with Crippen molar-refractivity contribution in [1.29, 1.82) is 0 Å². The molecule has 1 saturated heterocycles. The molecule has 6 nitrogen and oxygen atoms in total. The van der Waals surface area contributed by atoms with Gasteiger partial charge in [-0.05, 0) is 31.5 Å². The number of piperazine rings is 1. The Morgan fingerprint density at radius 1 is 1.29 bits per heavy atom. The summed E-state index contributed by atoms with van der Waals surface area (Å²) in [7, 11) is 0. The van der Waals surface area contributed by atoms with Gasteiger partial charge in [0, 0.05) is 43.6 Å². The monoisotopic (exact) mass is 326 g/mol. The minimum Gasteiger partial charge on any atom is -0.329 e. The van der Waals surface area contributed by atoms with Crippen LogP contribution in [-0.2, 0) is 16.1 Å². The van der Waals surface area contributed by atoms with Gasteiger partial charge in [-0.15, -0.1) is 0 Å². The summed E-state index contributed by atoms with van der Waals surface area (Å²) in [4.78, 5) is 28.5. The van der Waals surface area contributed by atoms with E-state index >= 15 is 0 Å². The lowest BCUT2D eigenvalue weighted by Crippen LogP contribution is -2.57. The van der Waals surface area contributed by atoms with Crippen LogP contribution in [0.5, 0.6) is 0 Å². The molecule has 0 aliphatic carbocycles. The molecule has 0 bridgehead atoms. The van der Waals surface area contributed by atoms with Crippen LogP contribution in [0, 0.1) is 6.92 Å². The van der Waals surface area contributed by atoms with Crippen LogP contribution < -0.4 is 4.90 Å². The third kappa shape index (κ3) is 3.32. The molecule has 6 heteroatoms. The summed E-state index contributed by atoms with van der Waals surface area (Å²) in [6.07, 6.45) is 3.87. The Morgan fingerprint density at radius 2 is 2.08 bits per heavy atom. The first-order valence-corrected chi connectivity index (χ1v) is 8.19. The normalized spacial score (nSPS) is 18.1. The molecule has 24 heavy (non-hydrogen) atoms. The molecule has 126 valence electrons. The molecule has 0 saturated carbocycles. The lowest BCUT2D eigenvalue weighted by molar-refractivity contribution is -0.139. The van der Waals surface area contributed by atoms with Crippen molar-refractivity contribution in [2.75, 3.05) is 18.0 Å². The third-order valence-electron chi connectivity index (χ3n) is 4.43. The predicted molar refractivity (Wildman–Crippen MR) is 91.6 cm³/mol. The molecule has 2 aromatic rings. The zero-order valence-electron chi connectivity index (χ0n) is 14.1. The fraction of sp³-hybridized carbons (Fsp3) is 0.389. The molecule has 0 N–H and O–H groups in total. The summed E-state index contributed by atoms with van der Waals surface area (Å²) in [5, 5.41) is 4.10. The molecule has 1 aliphatic rings. The highest BCUT2D eigenvalue weighted by Gasteiger charge is 2.33. The number of rotatable bonds is 4. The molecule has 0 spiro atoms. The maximum absolute atomic E-state index is 12.6.